The fourth-order valence-electron chi connectivity index (χ4n) is 0.854. The van der Waals surface area contributed by atoms with Crippen LogP contribution in [0, 0.1) is 0 Å². The molecule has 0 fully saturated rings. The SMILES string of the molecule is CCCCCCC[C](=O)[Au]. The zero-order chi connectivity index (χ0) is 7.82. The van der Waals surface area contributed by atoms with Crippen LogP contribution in [0.3, 0.4) is 0 Å². The zero-order valence-corrected chi connectivity index (χ0v) is 8.62. The van der Waals surface area contributed by atoms with Gasteiger partial charge in [-0.1, -0.05) is 0 Å². The van der Waals surface area contributed by atoms with E-state index in [-0.39, 0.29) is 4.00 Å². The maximum absolute atomic E-state index is 10.5. The monoisotopic (exact) mass is 324 g/mol. The van der Waals surface area contributed by atoms with Gasteiger partial charge >= 0.3 is 75.3 Å². The molecule has 10 heavy (non-hydrogen) atoms. The van der Waals surface area contributed by atoms with Gasteiger partial charge in [0, 0.05) is 0 Å². The Morgan fingerprint density at radius 3 is 2.30 bits per heavy atom. The third-order valence-electron chi connectivity index (χ3n) is 1.46. The van der Waals surface area contributed by atoms with Crippen molar-refractivity contribution in [3.8, 4) is 0 Å². The average Bonchev–Trinajstić information content (AvgIpc) is 1.87. The van der Waals surface area contributed by atoms with Crippen molar-refractivity contribution in [3.05, 3.63) is 0 Å². The van der Waals surface area contributed by atoms with Crippen molar-refractivity contribution in [3.63, 3.8) is 0 Å². The van der Waals surface area contributed by atoms with Gasteiger partial charge in [-0.3, -0.25) is 0 Å². The van der Waals surface area contributed by atoms with Gasteiger partial charge in [-0.25, -0.2) is 0 Å². The standard InChI is InChI=1S/C8H15O.Au/c1-2-3-4-5-6-7-8-9;/h2-7H2,1H3;. The van der Waals surface area contributed by atoms with E-state index in [1.54, 1.807) is 0 Å². The Labute approximate surface area is 75.5 Å². The predicted molar refractivity (Wildman–Crippen MR) is 38.4 cm³/mol. The topological polar surface area (TPSA) is 17.1 Å². The summed E-state index contributed by atoms with van der Waals surface area (Å²) in [5.74, 6) is 0. The van der Waals surface area contributed by atoms with E-state index in [0.29, 0.717) is 0 Å². The van der Waals surface area contributed by atoms with Crippen LogP contribution >= 0.6 is 0 Å². The third kappa shape index (κ3) is 8.41. The maximum atomic E-state index is 10.5. The first kappa shape index (κ1) is 10.4. The molecule has 0 aromatic heterocycles. The minimum absolute atomic E-state index is 0.275. The molecule has 2 heteroatoms. The second-order valence-electron chi connectivity index (χ2n) is 2.48. The predicted octanol–water partition coefficient (Wildman–Crippen LogP) is 2.42. The normalized spacial score (nSPS) is 9.90. The summed E-state index contributed by atoms with van der Waals surface area (Å²) in [6.07, 6.45) is 6.93. The summed E-state index contributed by atoms with van der Waals surface area (Å²) in [5, 5.41) is 0. The quantitative estimate of drug-likeness (QED) is 0.542. The summed E-state index contributed by atoms with van der Waals surface area (Å²) in [6, 6.07) is 0. The van der Waals surface area contributed by atoms with Crippen LogP contribution in [0.4, 0.5) is 0 Å². The number of carbonyl (C=O) groups excluding carboxylic acids is 1. The summed E-state index contributed by atoms with van der Waals surface area (Å²) in [4.78, 5) is 10.5. The number of hydrogen-bond acceptors (Lipinski definition) is 1. The van der Waals surface area contributed by atoms with Crippen LogP contribution in [0.5, 0.6) is 0 Å². The number of hydrogen-bond donors (Lipinski definition) is 0. The summed E-state index contributed by atoms with van der Waals surface area (Å²) in [6.45, 7) is 2.20. The van der Waals surface area contributed by atoms with Gasteiger partial charge in [0.1, 0.15) is 0 Å². The van der Waals surface area contributed by atoms with E-state index in [4.69, 9.17) is 0 Å². The number of unbranched alkanes of at least 4 members (excludes halogenated alkanes) is 4. The van der Waals surface area contributed by atoms with E-state index in [0.717, 1.165) is 12.8 Å². The number of rotatable bonds is 6. The molecule has 0 radical (unpaired) electrons. The minimum atomic E-state index is 0.275. The Morgan fingerprint density at radius 2 is 1.80 bits per heavy atom. The molecule has 0 aromatic carbocycles. The van der Waals surface area contributed by atoms with E-state index in [1.165, 1.54) is 25.7 Å². The fraction of sp³-hybridized carbons (Fsp3) is 0.875. The van der Waals surface area contributed by atoms with Gasteiger partial charge < -0.3 is 0 Å². The Hall–Kier alpha value is 0.410. The molecular weight excluding hydrogens is 309 g/mol. The van der Waals surface area contributed by atoms with Crippen LogP contribution in [0.15, 0.2) is 0 Å². The molecule has 0 spiro atoms. The van der Waals surface area contributed by atoms with Crippen molar-refractivity contribution >= 4 is 4.00 Å². The van der Waals surface area contributed by atoms with Gasteiger partial charge in [-0.05, 0) is 0 Å². The zero-order valence-electron chi connectivity index (χ0n) is 6.45. The fourth-order valence-corrected chi connectivity index (χ4v) is 1.24. The summed E-state index contributed by atoms with van der Waals surface area (Å²) in [7, 11) is 0. The van der Waals surface area contributed by atoms with Crippen LogP contribution in [-0.2, 0) is 25.9 Å². The molecule has 0 rings (SSSR count). The van der Waals surface area contributed by atoms with E-state index in [2.05, 4.69) is 6.92 Å². The molecular formula is C8H15AuO. The van der Waals surface area contributed by atoms with Gasteiger partial charge in [-0.2, -0.15) is 0 Å². The van der Waals surface area contributed by atoms with Gasteiger partial charge in [0.05, 0.1) is 0 Å². The van der Waals surface area contributed by atoms with Gasteiger partial charge in [0.15, 0.2) is 0 Å². The Bertz CT molecular complexity index is 91.3. The first-order chi connectivity index (χ1) is 4.77. The molecule has 64 valence electrons. The van der Waals surface area contributed by atoms with Crippen LogP contribution < -0.4 is 0 Å². The molecule has 0 heterocycles. The number of carbonyl (C=O) groups is 1. The van der Waals surface area contributed by atoms with Crippen LogP contribution in [0.25, 0.3) is 0 Å². The van der Waals surface area contributed by atoms with Crippen LogP contribution in [-0.4, -0.2) is 4.00 Å². The Morgan fingerprint density at radius 1 is 1.20 bits per heavy atom. The average molecular weight is 324 g/mol. The summed E-state index contributed by atoms with van der Waals surface area (Å²) in [5.41, 5.74) is 0. The second kappa shape index (κ2) is 7.52. The molecule has 0 saturated heterocycles. The van der Waals surface area contributed by atoms with Crippen LogP contribution in [0.1, 0.15) is 45.4 Å². The molecule has 0 aromatic rings. The van der Waals surface area contributed by atoms with Gasteiger partial charge in [0.25, 0.3) is 0 Å². The summed E-state index contributed by atoms with van der Waals surface area (Å²) < 4.78 is 0.275. The Kier molecular flexibility index (Phi) is 7.82. The van der Waals surface area contributed by atoms with E-state index in [1.807, 2.05) is 21.1 Å². The molecule has 0 saturated carbocycles. The first-order valence-electron chi connectivity index (χ1n) is 3.92. The molecule has 1 nitrogen and oxygen atoms in total. The van der Waals surface area contributed by atoms with E-state index >= 15 is 0 Å². The van der Waals surface area contributed by atoms with Gasteiger partial charge in [-0.15, -0.1) is 0 Å². The molecule has 0 aliphatic rings. The van der Waals surface area contributed by atoms with Crippen molar-refractivity contribution < 1.29 is 25.9 Å². The van der Waals surface area contributed by atoms with Crippen molar-refractivity contribution in [1.82, 2.24) is 0 Å². The van der Waals surface area contributed by atoms with Crippen molar-refractivity contribution in [1.29, 1.82) is 0 Å². The second-order valence-corrected chi connectivity index (χ2v) is 3.68. The molecule has 0 amide bonds. The van der Waals surface area contributed by atoms with Crippen molar-refractivity contribution in [2.45, 2.75) is 45.4 Å². The molecule has 0 aliphatic carbocycles. The molecule has 0 bridgehead atoms. The van der Waals surface area contributed by atoms with E-state index in [9.17, 15) is 4.79 Å². The molecule has 0 unspecified atom stereocenters. The molecule has 0 atom stereocenters. The first-order valence-corrected chi connectivity index (χ1v) is 5.00. The Balaban J connectivity index is 2.84. The third-order valence-corrected chi connectivity index (χ3v) is 2.00. The van der Waals surface area contributed by atoms with Gasteiger partial charge in [0.2, 0.25) is 0 Å². The van der Waals surface area contributed by atoms with Crippen LogP contribution in [0.2, 0.25) is 0 Å². The molecule has 0 N–H and O–H groups in total. The molecule has 0 aliphatic heterocycles. The van der Waals surface area contributed by atoms with Crippen molar-refractivity contribution in [2.75, 3.05) is 0 Å². The summed E-state index contributed by atoms with van der Waals surface area (Å²) >= 11 is 2.03. The van der Waals surface area contributed by atoms with Crippen molar-refractivity contribution in [2.24, 2.45) is 0 Å². The van der Waals surface area contributed by atoms with E-state index < -0.39 is 0 Å².